The quantitative estimate of drug-likeness (QED) is 0.698. The van der Waals surface area contributed by atoms with Gasteiger partial charge in [0.15, 0.2) is 0 Å². The Morgan fingerprint density at radius 3 is 2.00 bits per heavy atom. The number of ether oxygens (including phenoxy) is 1. The van der Waals surface area contributed by atoms with Crippen LogP contribution in [0.1, 0.15) is 41.5 Å². The van der Waals surface area contributed by atoms with Crippen LogP contribution in [0.15, 0.2) is 0 Å². The molecule has 0 N–H and O–H groups in total. The first kappa shape index (κ1) is 14.9. The molecule has 0 aliphatic carbocycles. The van der Waals surface area contributed by atoms with Crippen LogP contribution in [0.25, 0.3) is 0 Å². The van der Waals surface area contributed by atoms with Crippen LogP contribution >= 0.6 is 0 Å². The summed E-state index contributed by atoms with van der Waals surface area (Å²) in [5, 5.41) is 0. The molecule has 0 rings (SSSR count). The predicted molar refractivity (Wildman–Crippen MR) is 63.3 cm³/mol. The number of aldehydes is 1. The minimum Gasteiger partial charge on any atom is -0.444 e. The van der Waals surface area contributed by atoms with E-state index < -0.39 is 17.1 Å². The smallest absolute Gasteiger partial charge is 0.410 e. The van der Waals surface area contributed by atoms with Crippen molar-refractivity contribution in [3.8, 4) is 0 Å². The molecule has 0 aromatic rings. The van der Waals surface area contributed by atoms with E-state index >= 15 is 0 Å². The maximum absolute atomic E-state index is 11.8. The number of rotatable bonds is 3. The minimum atomic E-state index is -0.578. The van der Waals surface area contributed by atoms with E-state index in [2.05, 4.69) is 0 Å². The second-order valence-corrected chi connectivity index (χ2v) is 5.71. The summed E-state index contributed by atoms with van der Waals surface area (Å²) in [7, 11) is 1.64. The van der Waals surface area contributed by atoms with Crippen molar-refractivity contribution in [2.75, 3.05) is 7.05 Å². The highest BCUT2D eigenvalue weighted by Gasteiger charge is 2.32. The van der Waals surface area contributed by atoms with Crippen molar-refractivity contribution >= 4 is 12.4 Å². The van der Waals surface area contributed by atoms with Crippen LogP contribution < -0.4 is 0 Å². The van der Waals surface area contributed by atoms with Crippen molar-refractivity contribution in [1.29, 1.82) is 0 Å². The highest BCUT2D eigenvalue weighted by Crippen LogP contribution is 2.22. The zero-order chi connectivity index (χ0) is 13.1. The molecule has 0 bridgehead atoms. The van der Waals surface area contributed by atoms with Crippen LogP contribution in [0.4, 0.5) is 4.79 Å². The Balaban J connectivity index is 4.62. The lowest BCUT2D eigenvalue weighted by atomic mass is 9.86. The summed E-state index contributed by atoms with van der Waals surface area (Å²) in [5.41, 5.74) is -1.10. The predicted octanol–water partition coefficient (Wildman–Crippen LogP) is 2.47. The van der Waals surface area contributed by atoms with Gasteiger partial charge in [-0.3, -0.25) is 0 Å². The van der Waals surface area contributed by atoms with Crippen LogP contribution in [0.3, 0.4) is 0 Å². The fourth-order valence-corrected chi connectivity index (χ4v) is 1.09. The highest BCUT2D eigenvalue weighted by atomic mass is 16.6. The Hall–Kier alpha value is -1.06. The van der Waals surface area contributed by atoms with Gasteiger partial charge >= 0.3 is 6.09 Å². The molecule has 0 aromatic heterocycles. The summed E-state index contributed by atoms with van der Waals surface area (Å²) < 4.78 is 5.23. The summed E-state index contributed by atoms with van der Waals surface area (Å²) in [5.74, 6) is 0. The second-order valence-electron chi connectivity index (χ2n) is 5.71. The molecule has 1 atom stereocenters. The van der Waals surface area contributed by atoms with Crippen molar-refractivity contribution < 1.29 is 14.3 Å². The molecule has 4 heteroatoms. The Labute approximate surface area is 98.0 Å². The number of nitrogens with zero attached hydrogens (tertiary/aromatic N) is 1. The van der Waals surface area contributed by atoms with Crippen LogP contribution in [0.5, 0.6) is 0 Å². The Bertz CT molecular complexity index is 266. The van der Waals surface area contributed by atoms with E-state index in [4.69, 9.17) is 4.74 Å². The van der Waals surface area contributed by atoms with E-state index in [1.807, 2.05) is 27.7 Å². The molecule has 0 saturated heterocycles. The summed E-state index contributed by atoms with van der Waals surface area (Å²) in [4.78, 5) is 24.1. The molecule has 0 aromatic carbocycles. The van der Waals surface area contributed by atoms with Gasteiger partial charge in [0.25, 0.3) is 0 Å². The molecule has 94 valence electrons. The van der Waals surface area contributed by atoms with E-state index in [1.165, 1.54) is 4.90 Å². The van der Waals surface area contributed by atoms with Crippen molar-refractivity contribution in [3.05, 3.63) is 0 Å². The maximum atomic E-state index is 11.8. The molecule has 0 radical (unpaired) electrons. The van der Waals surface area contributed by atoms with Gasteiger partial charge in [-0.15, -0.1) is 0 Å². The Morgan fingerprint density at radius 2 is 1.69 bits per heavy atom. The van der Waals surface area contributed by atoms with Crippen LogP contribution in [-0.2, 0) is 9.53 Å². The molecule has 16 heavy (non-hydrogen) atoms. The van der Waals surface area contributed by atoms with Gasteiger partial charge in [0.05, 0.1) is 0 Å². The molecule has 0 heterocycles. The fourth-order valence-electron chi connectivity index (χ4n) is 1.09. The summed E-state index contributed by atoms with van der Waals surface area (Å²) >= 11 is 0. The van der Waals surface area contributed by atoms with Crippen molar-refractivity contribution in [2.45, 2.75) is 53.2 Å². The molecule has 1 unspecified atom stereocenters. The number of carbonyl (C=O) groups excluding carboxylic acids is 2. The Morgan fingerprint density at radius 1 is 1.25 bits per heavy atom. The van der Waals surface area contributed by atoms with Gasteiger partial charge in [0.1, 0.15) is 11.9 Å². The molecule has 0 saturated carbocycles. The average Bonchev–Trinajstić information content (AvgIpc) is 2.12. The van der Waals surface area contributed by atoms with Crippen LogP contribution in [-0.4, -0.2) is 36.0 Å². The van der Waals surface area contributed by atoms with E-state index in [0.717, 1.165) is 6.29 Å². The van der Waals surface area contributed by atoms with E-state index in [1.54, 1.807) is 20.9 Å². The monoisotopic (exact) mass is 229 g/mol. The largest absolute Gasteiger partial charge is 0.444 e. The number of hydrogen-bond donors (Lipinski definition) is 0. The molecular formula is C12H23NO3. The first-order chi connectivity index (χ1) is 7.01. The van der Waals surface area contributed by atoms with Crippen molar-refractivity contribution in [3.63, 3.8) is 0 Å². The summed E-state index contributed by atoms with van der Waals surface area (Å²) in [6.45, 7) is 10.9. The zero-order valence-electron chi connectivity index (χ0n) is 11.3. The third kappa shape index (κ3) is 4.21. The molecule has 0 fully saturated rings. The highest BCUT2D eigenvalue weighted by molar-refractivity contribution is 5.70. The molecule has 0 aliphatic heterocycles. The second kappa shape index (κ2) is 4.85. The van der Waals surface area contributed by atoms with Gasteiger partial charge in [0, 0.05) is 18.5 Å². The van der Waals surface area contributed by atoms with Gasteiger partial charge in [-0.1, -0.05) is 13.8 Å². The lowest BCUT2D eigenvalue weighted by Gasteiger charge is -2.35. The first-order valence-corrected chi connectivity index (χ1v) is 5.43. The van der Waals surface area contributed by atoms with E-state index in [9.17, 15) is 9.59 Å². The average molecular weight is 229 g/mol. The standard InChI is InChI=1S/C12H23NO3/c1-9(12(5,6)8-14)13(7)10(15)16-11(2,3)4/h8-9H,1-7H3. The number of carbonyl (C=O) groups is 2. The van der Waals surface area contributed by atoms with Gasteiger partial charge in [-0.25, -0.2) is 4.79 Å². The van der Waals surface area contributed by atoms with Gasteiger partial charge in [0.2, 0.25) is 0 Å². The van der Waals surface area contributed by atoms with Gasteiger partial charge < -0.3 is 14.4 Å². The lowest BCUT2D eigenvalue weighted by Crippen LogP contribution is -2.46. The third-order valence-electron chi connectivity index (χ3n) is 2.64. The lowest BCUT2D eigenvalue weighted by molar-refractivity contribution is -0.117. The number of amides is 1. The number of hydrogen-bond acceptors (Lipinski definition) is 3. The molecule has 4 nitrogen and oxygen atoms in total. The zero-order valence-corrected chi connectivity index (χ0v) is 11.3. The third-order valence-corrected chi connectivity index (χ3v) is 2.64. The van der Waals surface area contributed by atoms with E-state index in [-0.39, 0.29) is 6.04 Å². The van der Waals surface area contributed by atoms with Crippen LogP contribution in [0.2, 0.25) is 0 Å². The van der Waals surface area contributed by atoms with Gasteiger partial charge in [-0.2, -0.15) is 0 Å². The summed E-state index contributed by atoms with van der Waals surface area (Å²) in [6, 6.07) is -0.208. The van der Waals surface area contributed by atoms with Crippen molar-refractivity contribution in [2.24, 2.45) is 5.41 Å². The normalized spacial score (nSPS) is 14.2. The molecule has 0 spiro atoms. The van der Waals surface area contributed by atoms with Gasteiger partial charge in [-0.05, 0) is 27.7 Å². The SMILES string of the molecule is CC(N(C)C(=O)OC(C)(C)C)C(C)(C)C=O. The minimum absolute atomic E-state index is 0.208. The Kier molecular flexibility index (Phi) is 4.53. The first-order valence-electron chi connectivity index (χ1n) is 5.43. The molecular weight excluding hydrogens is 206 g/mol. The maximum Gasteiger partial charge on any atom is 0.410 e. The molecule has 0 aliphatic rings. The fraction of sp³-hybridized carbons (Fsp3) is 0.833. The van der Waals surface area contributed by atoms with Crippen LogP contribution in [0, 0.1) is 5.41 Å². The van der Waals surface area contributed by atoms with Crippen molar-refractivity contribution in [1.82, 2.24) is 4.90 Å². The molecule has 1 amide bonds. The topological polar surface area (TPSA) is 46.6 Å². The van der Waals surface area contributed by atoms with E-state index in [0.29, 0.717) is 0 Å². The summed E-state index contributed by atoms with van der Waals surface area (Å²) in [6.07, 6.45) is 0.452.